The number of carbonyl (C=O) groups is 1. The lowest BCUT2D eigenvalue weighted by Crippen LogP contribution is -2.31. The highest BCUT2D eigenvalue weighted by Crippen LogP contribution is 2.21. The summed E-state index contributed by atoms with van der Waals surface area (Å²) in [6, 6.07) is 9.21. The molecule has 3 rings (SSSR count). The quantitative estimate of drug-likeness (QED) is 0.410. The van der Waals surface area contributed by atoms with Crippen molar-refractivity contribution in [2.75, 3.05) is 5.43 Å². The second kappa shape index (κ2) is 7.17. The van der Waals surface area contributed by atoms with Gasteiger partial charge >= 0.3 is 0 Å². The van der Waals surface area contributed by atoms with Crippen LogP contribution in [0.1, 0.15) is 16.1 Å². The second-order valence-electron chi connectivity index (χ2n) is 5.06. The zero-order valence-electron chi connectivity index (χ0n) is 12.9. The van der Waals surface area contributed by atoms with Crippen LogP contribution in [0.4, 0.5) is 23.2 Å². The van der Waals surface area contributed by atoms with Crippen molar-refractivity contribution in [2.24, 2.45) is 0 Å². The van der Waals surface area contributed by atoms with Crippen LogP contribution < -0.4 is 10.9 Å². The molecule has 2 aromatic heterocycles. The van der Waals surface area contributed by atoms with E-state index < -0.39 is 35.1 Å². The van der Waals surface area contributed by atoms with Gasteiger partial charge in [0.1, 0.15) is 5.69 Å². The van der Waals surface area contributed by atoms with Crippen molar-refractivity contribution >= 4 is 11.6 Å². The number of amides is 1. The van der Waals surface area contributed by atoms with Crippen molar-refractivity contribution in [1.29, 1.82) is 0 Å². The van der Waals surface area contributed by atoms with Crippen LogP contribution in [0.25, 0.3) is 0 Å². The van der Waals surface area contributed by atoms with Crippen LogP contribution in [0.15, 0.2) is 36.5 Å². The van der Waals surface area contributed by atoms with Gasteiger partial charge in [-0.2, -0.15) is 22.5 Å². The second-order valence-corrected chi connectivity index (χ2v) is 5.06. The number of hydrogen-bond acceptors (Lipinski definition) is 5. The maximum atomic E-state index is 13.5. The molecule has 7 nitrogen and oxygen atoms in total. The van der Waals surface area contributed by atoms with Crippen LogP contribution in [-0.4, -0.2) is 25.9 Å². The number of pyridine rings is 1. The third kappa shape index (κ3) is 3.61. The first kappa shape index (κ1) is 17.3. The summed E-state index contributed by atoms with van der Waals surface area (Å²) < 4.78 is 54.3. The molecule has 2 heterocycles. The van der Waals surface area contributed by atoms with E-state index in [1.807, 2.05) is 35.8 Å². The molecule has 0 aliphatic rings. The van der Waals surface area contributed by atoms with E-state index in [0.717, 1.165) is 5.56 Å². The van der Waals surface area contributed by atoms with E-state index in [0.29, 0.717) is 6.54 Å². The number of rotatable bonds is 5. The molecule has 3 aromatic rings. The standard InChI is InChI=1S/C15H10F4N6O/c16-10-12(11(17)14(19)20-13(10)18)22-23-15(26)9-7-25(24-21-9)6-8-4-2-1-3-5-8/h1-5,7H,6H2,(H,20,22)(H,23,26). The van der Waals surface area contributed by atoms with Gasteiger partial charge < -0.3 is 0 Å². The molecular weight excluding hydrogens is 356 g/mol. The molecule has 11 heteroatoms. The van der Waals surface area contributed by atoms with Crippen molar-refractivity contribution in [3.8, 4) is 0 Å². The Morgan fingerprint density at radius 2 is 1.69 bits per heavy atom. The fourth-order valence-electron chi connectivity index (χ4n) is 2.03. The molecule has 0 radical (unpaired) electrons. The minimum atomic E-state index is -1.85. The summed E-state index contributed by atoms with van der Waals surface area (Å²) in [6.45, 7) is 0.346. The highest BCUT2D eigenvalue weighted by molar-refractivity contribution is 5.92. The summed E-state index contributed by atoms with van der Waals surface area (Å²) in [7, 11) is 0. The Morgan fingerprint density at radius 1 is 1.04 bits per heavy atom. The molecule has 0 aliphatic carbocycles. The number of benzene rings is 1. The monoisotopic (exact) mass is 366 g/mol. The number of nitrogens with one attached hydrogen (secondary N) is 2. The fourth-order valence-corrected chi connectivity index (χ4v) is 2.03. The molecule has 134 valence electrons. The van der Waals surface area contributed by atoms with E-state index >= 15 is 0 Å². The molecule has 0 saturated carbocycles. The molecule has 0 aliphatic heterocycles. The normalized spacial score (nSPS) is 10.6. The predicted molar refractivity (Wildman–Crippen MR) is 80.7 cm³/mol. The molecule has 0 fully saturated rings. The van der Waals surface area contributed by atoms with Crippen LogP contribution >= 0.6 is 0 Å². The van der Waals surface area contributed by atoms with Crippen molar-refractivity contribution < 1.29 is 22.4 Å². The van der Waals surface area contributed by atoms with Crippen molar-refractivity contribution in [3.63, 3.8) is 0 Å². The van der Waals surface area contributed by atoms with E-state index in [4.69, 9.17) is 0 Å². The maximum absolute atomic E-state index is 13.5. The highest BCUT2D eigenvalue weighted by Gasteiger charge is 2.21. The van der Waals surface area contributed by atoms with Crippen LogP contribution in [-0.2, 0) is 6.54 Å². The van der Waals surface area contributed by atoms with E-state index in [-0.39, 0.29) is 5.69 Å². The lowest BCUT2D eigenvalue weighted by molar-refractivity contribution is 0.0957. The van der Waals surface area contributed by atoms with Gasteiger partial charge in [-0.3, -0.25) is 15.6 Å². The third-order valence-corrected chi connectivity index (χ3v) is 3.26. The SMILES string of the molecule is O=C(NNc1c(F)c(F)nc(F)c1F)c1cn(Cc2ccccc2)nn1. The molecule has 2 N–H and O–H groups in total. The number of halogens is 4. The Labute approximate surface area is 143 Å². The lowest BCUT2D eigenvalue weighted by Gasteiger charge is -2.09. The minimum absolute atomic E-state index is 0.177. The fraction of sp³-hybridized carbons (Fsp3) is 0.0667. The largest absolute Gasteiger partial charge is 0.292 e. The van der Waals surface area contributed by atoms with Crippen LogP contribution in [0.3, 0.4) is 0 Å². The van der Waals surface area contributed by atoms with Crippen molar-refractivity contribution in [2.45, 2.75) is 6.54 Å². The molecule has 1 amide bonds. The zero-order chi connectivity index (χ0) is 18.7. The molecule has 0 saturated heterocycles. The van der Waals surface area contributed by atoms with E-state index in [1.54, 1.807) is 5.43 Å². The van der Waals surface area contributed by atoms with E-state index in [9.17, 15) is 22.4 Å². The molecule has 0 atom stereocenters. The van der Waals surface area contributed by atoms with Gasteiger partial charge in [0.2, 0.25) is 11.6 Å². The van der Waals surface area contributed by atoms with E-state index in [1.165, 1.54) is 10.9 Å². The van der Waals surface area contributed by atoms with Crippen LogP contribution in [0.5, 0.6) is 0 Å². The molecule has 0 unspecified atom stereocenters. The van der Waals surface area contributed by atoms with Crippen LogP contribution in [0, 0.1) is 23.5 Å². The van der Waals surface area contributed by atoms with Gasteiger partial charge in [0.15, 0.2) is 5.69 Å². The van der Waals surface area contributed by atoms with Crippen molar-refractivity contribution in [3.05, 3.63) is 71.3 Å². The average molecular weight is 366 g/mol. The summed E-state index contributed by atoms with van der Waals surface area (Å²) in [6.07, 6.45) is 1.30. The number of hydrazine groups is 1. The number of hydrogen-bond donors (Lipinski definition) is 2. The van der Waals surface area contributed by atoms with Gasteiger partial charge in [0.25, 0.3) is 17.8 Å². The average Bonchev–Trinajstić information content (AvgIpc) is 3.09. The van der Waals surface area contributed by atoms with Gasteiger partial charge in [0, 0.05) is 0 Å². The summed E-state index contributed by atoms with van der Waals surface area (Å²) >= 11 is 0. The number of nitrogens with zero attached hydrogens (tertiary/aromatic N) is 4. The maximum Gasteiger partial charge on any atom is 0.291 e. The first-order valence-electron chi connectivity index (χ1n) is 7.16. The summed E-state index contributed by atoms with van der Waals surface area (Å²) in [4.78, 5) is 14.3. The van der Waals surface area contributed by atoms with E-state index in [2.05, 4.69) is 15.3 Å². The summed E-state index contributed by atoms with van der Waals surface area (Å²) in [5.41, 5.74) is 3.17. The lowest BCUT2D eigenvalue weighted by atomic mass is 10.2. The predicted octanol–water partition coefficient (Wildman–Crippen LogP) is 2.03. The molecule has 26 heavy (non-hydrogen) atoms. The van der Waals surface area contributed by atoms with Gasteiger partial charge in [-0.25, -0.2) is 4.68 Å². The molecular formula is C15H10F4N6O. The number of anilines is 1. The Balaban J connectivity index is 1.68. The first-order valence-corrected chi connectivity index (χ1v) is 7.16. The summed E-state index contributed by atoms with van der Waals surface area (Å²) in [5, 5.41) is 7.37. The van der Waals surface area contributed by atoms with Gasteiger partial charge in [0.05, 0.1) is 12.7 Å². The molecule has 0 bridgehead atoms. The zero-order valence-corrected chi connectivity index (χ0v) is 12.9. The van der Waals surface area contributed by atoms with Gasteiger partial charge in [-0.15, -0.1) is 5.10 Å². The number of aromatic nitrogens is 4. The van der Waals surface area contributed by atoms with Gasteiger partial charge in [-0.05, 0) is 5.56 Å². The van der Waals surface area contributed by atoms with Gasteiger partial charge in [-0.1, -0.05) is 35.5 Å². The number of carbonyl (C=O) groups excluding carboxylic acids is 1. The smallest absolute Gasteiger partial charge is 0.291 e. The van der Waals surface area contributed by atoms with Crippen LogP contribution in [0.2, 0.25) is 0 Å². The molecule has 1 aromatic carbocycles. The molecule has 0 spiro atoms. The van der Waals surface area contributed by atoms with Crippen molar-refractivity contribution in [1.82, 2.24) is 25.4 Å². The Kier molecular flexibility index (Phi) is 4.78. The Hall–Kier alpha value is -3.50. The summed E-state index contributed by atoms with van der Waals surface area (Å²) in [5.74, 6) is -8.18. The Bertz CT molecular complexity index is 921. The minimum Gasteiger partial charge on any atom is -0.292 e. The topological polar surface area (TPSA) is 84.7 Å². The Morgan fingerprint density at radius 3 is 2.35 bits per heavy atom. The third-order valence-electron chi connectivity index (χ3n) is 3.26. The highest BCUT2D eigenvalue weighted by atomic mass is 19.2. The first-order chi connectivity index (χ1) is 12.5.